The summed E-state index contributed by atoms with van der Waals surface area (Å²) in [6.07, 6.45) is 4.36. The molecule has 138 valence electrons. The maximum absolute atomic E-state index is 12.9. The molecule has 2 aromatic carbocycles. The molecule has 0 aliphatic heterocycles. The molecule has 0 radical (unpaired) electrons. The highest BCUT2D eigenvalue weighted by Gasteiger charge is 2.26. The molecule has 26 heavy (non-hydrogen) atoms. The van der Waals surface area contributed by atoms with Crippen LogP contribution in [0.25, 0.3) is 0 Å². The summed E-state index contributed by atoms with van der Waals surface area (Å²) >= 11 is 0. The third-order valence-electron chi connectivity index (χ3n) is 5.05. The molecule has 1 amide bonds. The van der Waals surface area contributed by atoms with E-state index in [1.807, 2.05) is 7.05 Å². The van der Waals surface area contributed by atoms with Gasteiger partial charge in [0.2, 0.25) is 0 Å². The molecule has 3 rings (SSSR count). The molecular formula is C20H24N2O3S. The first-order valence-electron chi connectivity index (χ1n) is 8.85. The predicted molar refractivity (Wildman–Crippen MR) is 103 cm³/mol. The topological polar surface area (TPSA) is 66.5 Å². The lowest BCUT2D eigenvalue weighted by atomic mass is 10.0. The Bertz CT molecular complexity index is 889. The van der Waals surface area contributed by atoms with Crippen LogP contribution >= 0.6 is 0 Å². The first-order valence-corrected chi connectivity index (χ1v) is 10.3. The van der Waals surface area contributed by atoms with Crippen molar-refractivity contribution in [1.29, 1.82) is 0 Å². The highest BCUT2D eigenvalue weighted by atomic mass is 32.2. The smallest absolute Gasteiger partial charge is 0.261 e. The second-order valence-corrected chi connectivity index (χ2v) is 8.43. The van der Waals surface area contributed by atoms with Gasteiger partial charge in [-0.25, -0.2) is 8.42 Å². The summed E-state index contributed by atoms with van der Waals surface area (Å²) in [5.74, 6) is -0.0600. The molecule has 0 unspecified atom stereocenters. The highest BCUT2D eigenvalue weighted by molar-refractivity contribution is 7.92. The molecule has 5 nitrogen and oxygen atoms in total. The summed E-state index contributed by atoms with van der Waals surface area (Å²) in [4.78, 5) is 14.9. The molecule has 0 bridgehead atoms. The van der Waals surface area contributed by atoms with Crippen molar-refractivity contribution in [3.05, 3.63) is 59.7 Å². The van der Waals surface area contributed by atoms with Crippen molar-refractivity contribution in [2.45, 2.75) is 43.5 Å². The Morgan fingerprint density at radius 1 is 1.04 bits per heavy atom. The van der Waals surface area contributed by atoms with Crippen molar-refractivity contribution in [2.75, 3.05) is 11.8 Å². The number of hydrogen-bond acceptors (Lipinski definition) is 3. The zero-order chi connectivity index (χ0) is 18.7. The zero-order valence-corrected chi connectivity index (χ0v) is 15.9. The predicted octanol–water partition coefficient (Wildman–Crippen LogP) is 3.81. The van der Waals surface area contributed by atoms with Crippen LogP contribution in [0.5, 0.6) is 0 Å². The molecule has 0 aromatic heterocycles. The van der Waals surface area contributed by atoms with Crippen LogP contribution in [0.4, 0.5) is 5.69 Å². The van der Waals surface area contributed by atoms with Gasteiger partial charge in [-0.1, -0.05) is 37.1 Å². The summed E-state index contributed by atoms with van der Waals surface area (Å²) < 4.78 is 27.8. The Morgan fingerprint density at radius 2 is 1.69 bits per heavy atom. The van der Waals surface area contributed by atoms with Crippen LogP contribution in [0.3, 0.4) is 0 Å². The molecule has 0 saturated heterocycles. The number of anilines is 1. The number of carbonyl (C=O) groups is 1. The van der Waals surface area contributed by atoms with E-state index < -0.39 is 10.0 Å². The number of nitrogens with zero attached hydrogens (tertiary/aromatic N) is 1. The van der Waals surface area contributed by atoms with E-state index >= 15 is 0 Å². The molecule has 1 aliphatic carbocycles. The standard InChI is InChI=1S/C20H24N2O3S/c1-15-18(20(23)22(2)16-9-6-7-10-16)13-8-14-19(15)21-26(24,25)17-11-4-3-5-12-17/h3-5,8,11-14,16,21H,6-7,9-10H2,1-2H3. The normalized spacial score (nSPS) is 15.0. The number of hydrogen-bond donors (Lipinski definition) is 1. The molecule has 1 saturated carbocycles. The fourth-order valence-corrected chi connectivity index (χ4v) is 4.57. The summed E-state index contributed by atoms with van der Waals surface area (Å²) in [5, 5.41) is 0. The van der Waals surface area contributed by atoms with E-state index in [0.29, 0.717) is 16.8 Å². The van der Waals surface area contributed by atoms with Crippen molar-refractivity contribution in [2.24, 2.45) is 0 Å². The minimum absolute atomic E-state index is 0.0600. The Balaban J connectivity index is 1.86. The van der Waals surface area contributed by atoms with Crippen molar-refractivity contribution < 1.29 is 13.2 Å². The first kappa shape index (κ1) is 18.5. The molecule has 1 N–H and O–H groups in total. The van der Waals surface area contributed by atoms with Crippen LogP contribution in [0.15, 0.2) is 53.4 Å². The van der Waals surface area contributed by atoms with Gasteiger partial charge in [0.25, 0.3) is 15.9 Å². The third kappa shape index (κ3) is 3.75. The SMILES string of the molecule is Cc1c(NS(=O)(=O)c2ccccc2)cccc1C(=O)N(C)C1CCCC1. The van der Waals surface area contributed by atoms with Gasteiger partial charge in [0, 0.05) is 18.7 Å². The third-order valence-corrected chi connectivity index (χ3v) is 6.44. The summed E-state index contributed by atoms with van der Waals surface area (Å²) in [6, 6.07) is 13.6. The quantitative estimate of drug-likeness (QED) is 0.868. The second-order valence-electron chi connectivity index (χ2n) is 6.75. The Kier molecular flexibility index (Phi) is 5.32. The number of benzene rings is 2. The van der Waals surface area contributed by atoms with Crippen molar-refractivity contribution in [1.82, 2.24) is 4.90 Å². The fourth-order valence-electron chi connectivity index (χ4n) is 3.43. The molecule has 2 aromatic rings. The van der Waals surface area contributed by atoms with Gasteiger partial charge in [-0.2, -0.15) is 0 Å². The van der Waals surface area contributed by atoms with Gasteiger partial charge < -0.3 is 4.90 Å². The average molecular weight is 372 g/mol. The lowest BCUT2D eigenvalue weighted by molar-refractivity contribution is 0.0734. The fraction of sp³-hybridized carbons (Fsp3) is 0.350. The first-order chi connectivity index (χ1) is 12.4. The van der Waals surface area contributed by atoms with Crippen molar-refractivity contribution in [3.8, 4) is 0 Å². The highest BCUT2D eigenvalue weighted by Crippen LogP contribution is 2.27. The number of rotatable bonds is 5. The Labute approximate surface area is 155 Å². The van der Waals surface area contributed by atoms with Gasteiger partial charge in [0.15, 0.2) is 0 Å². The average Bonchev–Trinajstić information content (AvgIpc) is 3.17. The largest absolute Gasteiger partial charge is 0.339 e. The number of sulfonamides is 1. The van der Waals surface area contributed by atoms with Gasteiger partial charge >= 0.3 is 0 Å². The van der Waals surface area contributed by atoms with E-state index in [0.717, 1.165) is 25.7 Å². The number of carbonyl (C=O) groups excluding carboxylic acids is 1. The van der Waals surface area contributed by atoms with E-state index in [-0.39, 0.29) is 16.8 Å². The second kappa shape index (κ2) is 7.50. The summed E-state index contributed by atoms with van der Waals surface area (Å²) in [6.45, 7) is 1.78. The minimum atomic E-state index is -3.69. The van der Waals surface area contributed by atoms with Crippen molar-refractivity contribution >= 4 is 21.6 Å². The maximum atomic E-state index is 12.9. The molecule has 0 heterocycles. The van der Waals surface area contributed by atoms with Gasteiger partial charge in [-0.3, -0.25) is 9.52 Å². The van der Waals surface area contributed by atoms with Gasteiger partial charge in [-0.15, -0.1) is 0 Å². The molecular weight excluding hydrogens is 348 g/mol. The van der Waals surface area contributed by atoms with E-state index in [1.54, 1.807) is 60.4 Å². The Morgan fingerprint density at radius 3 is 2.35 bits per heavy atom. The van der Waals surface area contributed by atoms with Crippen LogP contribution in [0.2, 0.25) is 0 Å². The lowest BCUT2D eigenvalue weighted by Gasteiger charge is -2.25. The van der Waals surface area contributed by atoms with Gasteiger partial charge in [-0.05, 0) is 49.6 Å². The maximum Gasteiger partial charge on any atom is 0.261 e. The van der Waals surface area contributed by atoms with Crippen molar-refractivity contribution in [3.63, 3.8) is 0 Å². The van der Waals surface area contributed by atoms with Crippen LogP contribution in [-0.4, -0.2) is 32.3 Å². The summed E-state index contributed by atoms with van der Waals surface area (Å²) in [7, 11) is -1.86. The van der Waals surface area contributed by atoms with Crippen LogP contribution in [-0.2, 0) is 10.0 Å². The monoisotopic (exact) mass is 372 g/mol. The number of nitrogens with one attached hydrogen (secondary N) is 1. The van der Waals surface area contributed by atoms with Crippen LogP contribution < -0.4 is 4.72 Å². The summed E-state index contributed by atoms with van der Waals surface area (Å²) in [5.41, 5.74) is 1.61. The molecule has 0 atom stereocenters. The molecule has 6 heteroatoms. The number of amides is 1. The molecule has 0 spiro atoms. The van der Waals surface area contributed by atoms with Gasteiger partial charge in [0.1, 0.15) is 0 Å². The molecule has 1 aliphatic rings. The van der Waals surface area contributed by atoms with E-state index in [4.69, 9.17) is 0 Å². The Hall–Kier alpha value is -2.34. The van der Waals surface area contributed by atoms with Crippen LogP contribution in [0.1, 0.15) is 41.6 Å². The lowest BCUT2D eigenvalue weighted by Crippen LogP contribution is -2.35. The van der Waals surface area contributed by atoms with E-state index in [9.17, 15) is 13.2 Å². The van der Waals surface area contributed by atoms with E-state index in [2.05, 4.69) is 4.72 Å². The van der Waals surface area contributed by atoms with E-state index in [1.165, 1.54) is 0 Å². The zero-order valence-electron chi connectivity index (χ0n) is 15.1. The molecule has 1 fully saturated rings. The minimum Gasteiger partial charge on any atom is -0.339 e. The van der Waals surface area contributed by atoms with Crippen LogP contribution in [0, 0.1) is 6.92 Å². The van der Waals surface area contributed by atoms with Gasteiger partial charge in [0.05, 0.1) is 10.6 Å².